The number of rotatable bonds is 2. The van der Waals surface area contributed by atoms with Crippen LogP contribution < -0.4 is 5.32 Å². The quantitative estimate of drug-likeness (QED) is 0.887. The summed E-state index contributed by atoms with van der Waals surface area (Å²) in [6.07, 6.45) is 3.20. The molecule has 0 radical (unpaired) electrons. The molecule has 0 saturated heterocycles. The van der Waals surface area contributed by atoms with E-state index in [0.29, 0.717) is 11.1 Å². The molecule has 1 aromatic carbocycles. The van der Waals surface area contributed by atoms with E-state index >= 15 is 0 Å². The average molecular weight is 287 g/mol. The van der Waals surface area contributed by atoms with Crippen molar-refractivity contribution in [2.75, 3.05) is 0 Å². The zero-order valence-electron chi connectivity index (χ0n) is 11.3. The second-order valence-electron chi connectivity index (χ2n) is 5.17. The van der Waals surface area contributed by atoms with E-state index in [2.05, 4.69) is 16.8 Å². The Labute approximate surface area is 122 Å². The van der Waals surface area contributed by atoms with Gasteiger partial charge in [0.25, 0.3) is 5.91 Å². The third kappa shape index (κ3) is 2.31. The highest BCUT2D eigenvalue weighted by molar-refractivity contribution is 7.10. The highest BCUT2D eigenvalue weighted by Gasteiger charge is 2.23. The van der Waals surface area contributed by atoms with E-state index in [0.717, 1.165) is 19.3 Å². The third-order valence-corrected chi connectivity index (χ3v) is 4.90. The smallest absolute Gasteiger partial charge is 0.252 e. The van der Waals surface area contributed by atoms with E-state index in [-0.39, 0.29) is 17.7 Å². The summed E-state index contributed by atoms with van der Waals surface area (Å²) in [6, 6.07) is 7.26. The first-order chi connectivity index (χ1) is 9.66. The van der Waals surface area contributed by atoms with Crippen molar-refractivity contribution in [2.24, 2.45) is 0 Å². The first-order valence-electron chi connectivity index (χ1n) is 6.82. The predicted molar refractivity (Wildman–Crippen MR) is 80.3 cm³/mol. The van der Waals surface area contributed by atoms with Crippen molar-refractivity contribution in [3.05, 3.63) is 51.2 Å². The van der Waals surface area contributed by atoms with Crippen LogP contribution in [0, 0.1) is 6.92 Å². The number of aryl methyl sites for hydroxylation is 1. The fourth-order valence-electron chi connectivity index (χ4n) is 2.74. The Kier molecular flexibility index (Phi) is 3.49. The van der Waals surface area contributed by atoms with Crippen LogP contribution in [0.5, 0.6) is 5.75 Å². The molecule has 3 nitrogen and oxygen atoms in total. The maximum Gasteiger partial charge on any atom is 0.252 e. The third-order valence-electron chi connectivity index (χ3n) is 3.91. The van der Waals surface area contributed by atoms with E-state index < -0.39 is 0 Å². The van der Waals surface area contributed by atoms with Gasteiger partial charge in [-0.3, -0.25) is 4.79 Å². The molecule has 1 aliphatic carbocycles. The van der Waals surface area contributed by atoms with Crippen LogP contribution in [0.1, 0.15) is 45.2 Å². The highest BCUT2D eigenvalue weighted by atomic mass is 32.1. The van der Waals surface area contributed by atoms with Crippen molar-refractivity contribution in [1.82, 2.24) is 5.32 Å². The fourth-order valence-corrected chi connectivity index (χ4v) is 3.73. The van der Waals surface area contributed by atoms with Gasteiger partial charge < -0.3 is 10.4 Å². The monoisotopic (exact) mass is 287 g/mol. The number of phenols is 1. The van der Waals surface area contributed by atoms with Gasteiger partial charge in [0.1, 0.15) is 5.75 Å². The van der Waals surface area contributed by atoms with E-state index in [1.165, 1.54) is 10.4 Å². The molecule has 1 aromatic heterocycles. The van der Waals surface area contributed by atoms with Gasteiger partial charge in [-0.05, 0) is 55.3 Å². The molecule has 2 aromatic rings. The van der Waals surface area contributed by atoms with Gasteiger partial charge in [-0.2, -0.15) is 0 Å². The van der Waals surface area contributed by atoms with Gasteiger partial charge >= 0.3 is 0 Å². The lowest BCUT2D eigenvalue weighted by Gasteiger charge is -2.24. The van der Waals surface area contributed by atoms with Crippen molar-refractivity contribution in [1.29, 1.82) is 0 Å². The van der Waals surface area contributed by atoms with E-state index in [9.17, 15) is 9.90 Å². The summed E-state index contributed by atoms with van der Waals surface area (Å²) in [5.74, 6) is 0.0555. The maximum atomic E-state index is 12.4. The lowest BCUT2D eigenvalue weighted by atomic mass is 9.93. The van der Waals surface area contributed by atoms with Crippen LogP contribution in [0.3, 0.4) is 0 Å². The minimum absolute atomic E-state index is 0.0965. The molecule has 4 heteroatoms. The number of carbonyl (C=O) groups excluding carboxylic acids is 1. The number of carbonyl (C=O) groups is 1. The number of hydrogen-bond donors (Lipinski definition) is 2. The summed E-state index contributed by atoms with van der Waals surface area (Å²) in [7, 11) is 0. The van der Waals surface area contributed by atoms with E-state index in [4.69, 9.17) is 0 Å². The fraction of sp³-hybridized carbons (Fsp3) is 0.312. The van der Waals surface area contributed by atoms with E-state index in [1.54, 1.807) is 36.5 Å². The summed E-state index contributed by atoms with van der Waals surface area (Å²) >= 11 is 1.77. The molecule has 1 aliphatic rings. The second-order valence-corrected chi connectivity index (χ2v) is 6.17. The minimum Gasteiger partial charge on any atom is -0.508 e. The largest absolute Gasteiger partial charge is 0.508 e. The molecule has 2 N–H and O–H groups in total. The second kappa shape index (κ2) is 5.29. The number of fused-ring (bicyclic) bond motifs is 1. The number of aromatic hydroxyl groups is 1. The van der Waals surface area contributed by atoms with Crippen molar-refractivity contribution < 1.29 is 9.90 Å². The van der Waals surface area contributed by atoms with Crippen molar-refractivity contribution in [3.8, 4) is 5.75 Å². The lowest BCUT2D eigenvalue weighted by molar-refractivity contribution is 0.0932. The Morgan fingerprint density at radius 3 is 3.10 bits per heavy atom. The molecule has 0 spiro atoms. The first-order valence-corrected chi connectivity index (χ1v) is 7.70. The molecule has 1 atom stereocenters. The predicted octanol–water partition coefficient (Wildman–Crippen LogP) is 3.57. The molecule has 1 heterocycles. The van der Waals surface area contributed by atoms with Gasteiger partial charge in [-0.25, -0.2) is 0 Å². The number of amides is 1. The standard InChI is InChI=1S/C16H17NO2S/c1-10-11(4-2-6-14(10)18)16(19)17-13-5-3-7-15-12(13)8-9-20-15/h2,4,6,8-9,13,18H,3,5,7H2,1H3,(H,17,19). The van der Waals surface area contributed by atoms with Crippen LogP contribution in [0.4, 0.5) is 0 Å². The summed E-state index contributed by atoms with van der Waals surface area (Å²) in [4.78, 5) is 13.8. The Morgan fingerprint density at radius 1 is 1.40 bits per heavy atom. The SMILES string of the molecule is Cc1c(O)cccc1C(=O)NC1CCCc2sccc21. The lowest BCUT2D eigenvalue weighted by Crippen LogP contribution is -2.30. The van der Waals surface area contributed by atoms with Gasteiger partial charge in [0.05, 0.1) is 6.04 Å². The molecule has 0 aliphatic heterocycles. The van der Waals surface area contributed by atoms with E-state index in [1.807, 2.05) is 0 Å². The highest BCUT2D eigenvalue weighted by Crippen LogP contribution is 2.33. The summed E-state index contributed by atoms with van der Waals surface area (Å²) in [5.41, 5.74) is 2.44. The van der Waals surface area contributed by atoms with Crippen LogP contribution in [0.25, 0.3) is 0 Å². The Bertz CT molecular complexity index is 648. The number of benzene rings is 1. The number of phenolic OH excluding ortho intramolecular Hbond substituents is 1. The molecule has 3 rings (SSSR count). The zero-order valence-corrected chi connectivity index (χ0v) is 12.2. The van der Waals surface area contributed by atoms with Gasteiger partial charge in [0.15, 0.2) is 0 Å². The molecule has 1 unspecified atom stereocenters. The molecule has 1 amide bonds. The van der Waals surface area contributed by atoms with Crippen molar-refractivity contribution in [2.45, 2.75) is 32.2 Å². The van der Waals surface area contributed by atoms with Gasteiger partial charge in [-0.1, -0.05) is 6.07 Å². The van der Waals surface area contributed by atoms with Crippen LogP contribution >= 0.6 is 11.3 Å². The van der Waals surface area contributed by atoms with Crippen LogP contribution in [0.15, 0.2) is 29.6 Å². The van der Waals surface area contributed by atoms with Gasteiger partial charge in [-0.15, -0.1) is 11.3 Å². The molecule has 104 valence electrons. The normalized spacial score (nSPS) is 17.6. The number of nitrogens with one attached hydrogen (secondary N) is 1. The number of hydrogen-bond acceptors (Lipinski definition) is 3. The molecular weight excluding hydrogens is 270 g/mol. The molecule has 0 fully saturated rings. The Morgan fingerprint density at radius 2 is 2.25 bits per heavy atom. The maximum absolute atomic E-state index is 12.4. The minimum atomic E-state index is -0.109. The summed E-state index contributed by atoms with van der Waals surface area (Å²) in [6.45, 7) is 1.77. The number of thiophene rings is 1. The first kappa shape index (κ1) is 13.2. The molecular formula is C16H17NO2S. The summed E-state index contributed by atoms with van der Waals surface area (Å²) in [5, 5.41) is 14.9. The van der Waals surface area contributed by atoms with Crippen molar-refractivity contribution in [3.63, 3.8) is 0 Å². The van der Waals surface area contributed by atoms with Crippen LogP contribution in [-0.2, 0) is 6.42 Å². The Hall–Kier alpha value is -1.81. The Balaban J connectivity index is 1.83. The van der Waals surface area contributed by atoms with Gasteiger partial charge in [0.2, 0.25) is 0 Å². The molecule has 0 bridgehead atoms. The van der Waals surface area contributed by atoms with Crippen LogP contribution in [0.2, 0.25) is 0 Å². The average Bonchev–Trinajstić information content (AvgIpc) is 2.91. The van der Waals surface area contributed by atoms with Gasteiger partial charge in [0, 0.05) is 16.0 Å². The molecule has 20 heavy (non-hydrogen) atoms. The van der Waals surface area contributed by atoms with Crippen molar-refractivity contribution >= 4 is 17.2 Å². The topological polar surface area (TPSA) is 49.3 Å². The van der Waals surface area contributed by atoms with Crippen LogP contribution in [-0.4, -0.2) is 11.0 Å². The zero-order chi connectivity index (χ0) is 14.1. The molecule has 0 saturated carbocycles. The summed E-state index contributed by atoms with van der Waals surface area (Å²) < 4.78 is 0.